The smallest absolute Gasteiger partial charge is 0.127 e. The van der Waals surface area contributed by atoms with Gasteiger partial charge in [-0.1, -0.05) is 26.8 Å². The summed E-state index contributed by atoms with van der Waals surface area (Å²) in [5, 5.41) is 10.4. The van der Waals surface area contributed by atoms with Crippen LogP contribution in [0.1, 0.15) is 37.8 Å². The molecule has 0 saturated heterocycles. The predicted octanol–water partition coefficient (Wildman–Crippen LogP) is 4.54. The second-order valence-electron chi connectivity index (χ2n) is 5.25. The van der Waals surface area contributed by atoms with Gasteiger partial charge in [0, 0.05) is 5.39 Å². The molecule has 0 aliphatic rings. The van der Waals surface area contributed by atoms with Crippen molar-refractivity contribution >= 4 is 21.7 Å². The third-order valence-corrected chi connectivity index (χ3v) is 3.75. The van der Waals surface area contributed by atoms with Gasteiger partial charge in [0.2, 0.25) is 0 Å². The van der Waals surface area contributed by atoms with Gasteiger partial charge in [-0.2, -0.15) is 5.10 Å². The summed E-state index contributed by atoms with van der Waals surface area (Å²) >= 11 is 0. The summed E-state index contributed by atoms with van der Waals surface area (Å²) in [6, 6.07) is 5.48. The average Bonchev–Trinajstić information content (AvgIpc) is 2.83. The van der Waals surface area contributed by atoms with Crippen molar-refractivity contribution in [2.45, 2.75) is 33.1 Å². The van der Waals surface area contributed by atoms with Crippen molar-refractivity contribution in [2.75, 3.05) is 0 Å². The molecule has 0 radical (unpaired) electrons. The molecule has 0 aliphatic heterocycles. The number of fused-ring (bicyclic) bond motifs is 2. The van der Waals surface area contributed by atoms with Crippen LogP contribution in [-0.2, 0) is 6.42 Å². The zero-order chi connectivity index (χ0) is 13.6. The summed E-state index contributed by atoms with van der Waals surface area (Å²) < 4.78 is 14.1. The molecule has 98 valence electrons. The molecule has 0 amide bonds. The molecule has 0 aliphatic carbocycles. The Morgan fingerprint density at radius 3 is 2.79 bits per heavy atom. The fourth-order valence-electron chi connectivity index (χ4n) is 2.94. The summed E-state index contributed by atoms with van der Waals surface area (Å²) in [7, 11) is 0. The van der Waals surface area contributed by atoms with E-state index in [4.69, 9.17) is 0 Å². The summed E-state index contributed by atoms with van der Waals surface area (Å²) in [5.74, 6) is 0.218. The van der Waals surface area contributed by atoms with Crippen LogP contribution in [0.25, 0.3) is 21.7 Å². The number of nitrogens with one attached hydrogen (secondary N) is 1. The molecular formula is C16H17FN2. The number of aryl methyl sites for hydroxylation is 1. The Kier molecular flexibility index (Phi) is 2.77. The second kappa shape index (κ2) is 4.34. The summed E-state index contributed by atoms with van der Waals surface area (Å²) in [6.45, 7) is 6.29. The summed E-state index contributed by atoms with van der Waals surface area (Å²) in [4.78, 5) is 0. The lowest BCUT2D eigenvalue weighted by atomic mass is 9.89. The van der Waals surface area contributed by atoms with Crippen LogP contribution in [0.3, 0.4) is 0 Å². The van der Waals surface area contributed by atoms with E-state index in [0.29, 0.717) is 12.3 Å². The van der Waals surface area contributed by atoms with Crippen LogP contribution in [0.5, 0.6) is 0 Å². The fourth-order valence-corrected chi connectivity index (χ4v) is 2.94. The molecule has 3 aromatic rings. The number of hydrogen-bond donors (Lipinski definition) is 1. The first-order valence-corrected chi connectivity index (χ1v) is 6.70. The van der Waals surface area contributed by atoms with Crippen molar-refractivity contribution < 1.29 is 4.39 Å². The van der Waals surface area contributed by atoms with E-state index in [0.717, 1.165) is 27.2 Å². The third kappa shape index (κ3) is 1.72. The maximum absolute atomic E-state index is 14.1. The van der Waals surface area contributed by atoms with Crippen molar-refractivity contribution in [3.05, 3.63) is 41.3 Å². The van der Waals surface area contributed by atoms with E-state index in [-0.39, 0.29) is 5.82 Å². The van der Waals surface area contributed by atoms with Gasteiger partial charge in [-0.3, -0.25) is 5.10 Å². The Bertz CT molecular complexity index is 756. The van der Waals surface area contributed by atoms with E-state index in [1.807, 2.05) is 19.2 Å². The molecule has 1 N–H and O–H groups in total. The summed E-state index contributed by atoms with van der Waals surface area (Å²) in [6.07, 6.45) is 2.54. The van der Waals surface area contributed by atoms with Gasteiger partial charge >= 0.3 is 0 Å². The Labute approximate surface area is 111 Å². The monoisotopic (exact) mass is 256 g/mol. The first kappa shape index (κ1) is 12.2. The minimum atomic E-state index is -0.111. The first-order valence-electron chi connectivity index (χ1n) is 6.70. The number of nitrogens with zero attached hydrogens (tertiary/aromatic N) is 1. The van der Waals surface area contributed by atoms with Crippen LogP contribution in [0, 0.1) is 5.82 Å². The van der Waals surface area contributed by atoms with Crippen LogP contribution in [0.15, 0.2) is 24.4 Å². The third-order valence-electron chi connectivity index (χ3n) is 3.75. The van der Waals surface area contributed by atoms with Crippen LogP contribution in [0.4, 0.5) is 4.39 Å². The Morgan fingerprint density at radius 2 is 2.11 bits per heavy atom. The topological polar surface area (TPSA) is 28.7 Å². The Morgan fingerprint density at radius 1 is 1.32 bits per heavy atom. The van der Waals surface area contributed by atoms with Crippen LogP contribution in [-0.4, -0.2) is 10.2 Å². The maximum atomic E-state index is 14.1. The van der Waals surface area contributed by atoms with E-state index in [2.05, 4.69) is 30.1 Å². The zero-order valence-electron chi connectivity index (χ0n) is 11.4. The summed E-state index contributed by atoms with van der Waals surface area (Å²) in [5.41, 5.74) is 3.02. The number of benzene rings is 2. The molecule has 0 spiro atoms. The number of H-pyrrole nitrogens is 1. The normalized spacial score (nSPS) is 11.8. The van der Waals surface area contributed by atoms with E-state index in [9.17, 15) is 4.39 Å². The van der Waals surface area contributed by atoms with Crippen LogP contribution >= 0.6 is 0 Å². The van der Waals surface area contributed by atoms with Gasteiger partial charge in [-0.05, 0) is 46.4 Å². The largest absolute Gasteiger partial charge is 0.278 e. The molecule has 1 aromatic heterocycles. The SMILES string of the molecule is CCc1c(F)ccc2cc3[nH]ncc3c(C(C)C)c12. The van der Waals surface area contributed by atoms with Gasteiger partial charge < -0.3 is 0 Å². The second-order valence-corrected chi connectivity index (χ2v) is 5.25. The van der Waals surface area contributed by atoms with Crippen molar-refractivity contribution in [3.8, 4) is 0 Å². The maximum Gasteiger partial charge on any atom is 0.127 e. The van der Waals surface area contributed by atoms with Gasteiger partial charge in [-0.15, -0.1) is 0 Å². The number of rotatable bonds is 2. The van der Waals surface area contributed by atoms with E-state index < -0.39 is 0 Å². The molecule has 0 fully saturated rings. The standard InChI is InChI=1S/C16H17FN2/c1-4-11-13(17)6-5-10-7-14-12(8-18-19-14)15(9(2)3)16(10)11/h5-9H,4H2,1-3H3,(H,18,19). The predicted molar refractivity (Wildman–Crippen MR) is 77.0 cm³/mol. The molecule has 0 unspecified atom stereocenters. The van der Waals surface area contributed by atoms with E-state index in [1.54, 1.807) is 6.07 Å². The highest BCUT2D eigenvalue weighted by atomic mass is 19.1. The van der Waals surface area contributed by atoms with Crippen molar-refractivity contribution in [1.82, 2.24) is 10.2 Å². The average molecular weight is 256 g/mol. The van der Waals surface area contributed by atoms with Gasteiger partial charge in [-0.25, -0.2) is 4.39 Å². The van der Waals surface area contributed by atoms with Crippen molar-refractivity contribution in [1.29, 1.82) is 0 Å². The lowest BCUT2D eigenvalue weighted by Crippen LogP contribution is -1.97. The number of aromatic amines is 1. The zero-order valence-corrected chi connectivity index (χ0v) is 11.4. The first-order chi connectivity index (χ1) is 9.13. The molecular weight excluding hydrogens is 239 g/mol. The highest BCUT2D eigenvalue weighted by Crippen LogP contribution is 2.35. The van der Waals surface area contributed by atoms with Crippen molar-refractivity contribution in [2.24, 2.45) is 0 Å². The molecule has 3 heteroatoms. The Hall–Kier alpha value is -1.90. The minimum absolute atomic E-state index is 0.111. The molecule has 0 atom stereocenters. The molecule has 2 aromatic carbocycles. The lowest BCUT2D eigenvalue weighted by Gasteiger charge is -2.15. The minimum Gasteiger partial charge on any atom is -0.278 e. The van der Waals surface area contributed by atoms with E-state index >= 15 is 0 Å². The lowest BCUT2D eigenvalue weighted by molar-refractivity contribution is 0.615. The number of aromatic nitrogens is 2. The highest BCUT2D eigenvalue weighted by Gasteiger charge is 2.16. The van der Waals surface area contributed by atoms with Gasteiger partial charge in [0.05, 0.1) is 11.7 Å². The molecule has 19 heavy (non-hydrogen) atoms. The van der Waals surface area contributed by atoms with Crippen LogP contribution < -0.4 is 0 Å². The molecule has 0 saturated carbocycles. The molecule has 3 rings (SSSR count). The van der Waals surface area contributed by atoms with Crippen LogP contribution in [0.2, 0.25) is 0 Å². The Balaban J connectivity index is 2.58. The quantitative estimate of drug-likeness (QED) is 0.716. The van der Waals surface area contributed by atoms with Gasteiger partial charge in [0.25, 0.3) is 0 Å². The number of halogens is 1. The highest BCUT2D eigenvalue weighted by molar-refractivity contribution is 6.02. The van der Waals surface area contributed by atoms with Crippen molar-refractivity contribution in [3.63, 3.8) is 0 Å². The van der Waals surface area contributed by atoms with E-state index in [1.165, 1.54) is 5.56 Å². The molecule has 1 heterocycles. The molecule has 0 bridgehead atoms. The number of hydrogen-bond acceptors (Lipinski definition) is 1. The van der Waals surface area contributed by atoms with Gasteiger partial charge in [0.1, 0.15) is 5.82 Å². The fraction of sp³-hybridized carbons (Fsp3) is 0.312. The molecule has 2 nitrogen and oxygen atoms in total. The van der Waals surface area contributed by atoms with Gasteiger partial charge in [0.15, 0.2) is 0 Å².